The molecule has 0 spiro atoms. The number of amides is 1. The van der Waals surface area contributed by atoms with Gasteiger partial charge in [-0.05, 0) is 25.2 Å². The Morgan fingerprint density at radius 1 is 1.38 bits per heavy atom. The third-order valence-electron chi connectivity index (χ3n) is 4.20. The molecule has 6 heteroatoms. The van der Waals surface area contributed by atoms with Crippen molar-refractivity contribution in [2.75, 3.05) is 7.05 Å². The molecule has 1 saturated carbocycles. The lowest BCUT2D eigenvalue weighted by Gasteiger charge is -2.28. The molecule has 0 bridgehead atoms. The van der Waals surface area contributed by atoms with Crippen molar-refractivity contribution in [3.05, 3.63) is 16.1 Å². The van der Waals surface area contributed by atoms with Crippen LogP contribution in [-0.4, -0.2) is 33.9 Å². The molecular formula is C15H22N2O3S. The topological polar surface area (TPSA) is 70.5 Å². The predicted molar refractivity (Wildman–Crippen MR) is 81.1 cm³/mol. The van der Waals surface area contributed by atoms with Gasteiger partial charge < -0.3 is 10.0 Å². The fourth-order valence-electron chi connectivity index (χ4n) is 3.12. The number of hydrogen-bond acceptors (Lipinski definition) is 4. The number of aliphatic carboxylic acids is 1. The summed E-state index contributed by atoms with van der Waals surface area (Å²) in [6.07, 6.45) is 5.99. The molecule has 1 fully saturated rings. The molecule has 1 aromatic rings. The van der Waals surface area contributed by atoms with E-state index in [0.717, 1.165) is 35.6 Å². The van der Waals surface area contributed by atoms with Gasteiger partial charge in [-0.3, -0.25) is 9.59 Å². The lowest BCUT2D eigenvalue weighted by Crippen LogP contribution is -2.33. The minimum atomic E-state index is -0.801. The number of aryl methyl sites for hydroxylation is 1. The molecule has 1 N–H and O–H groups in total. The second kappa shape index (κ2) is 6.56. The van der Waals surface area contributed by atoms with Gasteiger partial charge in [-0.15, -0.1) is 11.3 Å². The highest BCUT2D eigenvalue weighted by Crippen LogP contribution is 2.44. The molecule has 1 aromatic heterocycles. The summed E-state index contributed by atoms with van der Waals surface area (Å²) in [4.78, 5) is 30.4. The Morgan fingerprint density at radius 3 is 2.57 bits per heavy atom. The third kappa shape index (κ3) is 4.27. The van der Waals surface area contributed by atoms with E-state index in [1.54, 1.807) is 29.5 Å². The summed E-state index contributed by atoms with van der Waals surface area (Å²) < 4.78 is 0. The molecule has 0 saturated heterocycles. The summed E-state index contributed by atoms with van der Waals surface area (Å²) in [6, 6.07) is 0. The smallest absolute Gasteiger partial charge is 0.303 e. The van der Waals surface area contributed by atoms with Crippen molar-refractivity contribution < 1.29 is 14.7 Å². The highest BCUT2D eigenvalue weighted by Gasteiger charge is 2.38. The number of rotatable bonds is 6. The van der Waals surface area contributed by atoms with E-state index in [9.17, 15) is 9.59 Å². The molecular weight excluding hydrogens is 288 g/mol. The Morgan fingerprint density at radius 2 is 2.05 bits per heavy atom. The normalized spacial score (nSPS) is 16.9. The molecule has 1 amide bonds. The summed E-state index contributed by atoms with van der Waals surface area (Å²) >= 11 is 1.59. The van der Waals surface area contributed by atoms with E-state index in [4.69, 9.17) is 5.11 Å². The Labute approximate surface area is 129 Å². The minimum Gasteiger partial charge on any atom is -0.481 e. The van der Waals surface area contributed by atoms with Crippen molar-refractivity contribution in [3.63, 3.8) is 0 Å². The number of carbonyl (C=O) groups excluding carboxylic acids is 1. The van der Waals surface area contributed by atoms with E-state index < -0.39 is 5.97 Å². The van der Waals surface area contributed by atoms with Gasteiger partial charge in [0.1, 0.15) is 0 Å². The Kier molecular flexibility index (Phi) is 4.98. The fraction of sp³-hybridized carbons (Fsp3) is 0.667. The minimum absolute atomic E-state index is 0.0317. The Hall–Kier alpha value is -1.43. The zero-order chi connectivity index (χ0) is 15.5. The molecule has 1 aliphatic rings. The number of carbonyl (C=O) groups is 2. The van der Waals surface area contributed by atoms with Crippen LogP contribution in [0.5, 0.6) is 0 Å². The summed E-state index contributed by atoms with van der Waals surface area (Å²) in [6.45, 7) is 2.49. The zero-order valence-electron chi connectivity index (χ0n) is 12.6. The van der Waals surface area contributed by atoms with Crippen molar-refractivity contribution in [2.45, 2.75) is 52.0 Å². The van der Waals surface area contributed by atoms with Gasteiger partial charge in [-0.25, -0.2) is 4.98 Å². The maximum Gasteiger partial charge on any atom is 0.303 e. The van der Waals surface area contributed by atoms with Crippen LogP contribution in [0.4, 0.5) is 0 Å². The fourth-order valence-corrected chi connectivity index (χ4v) is 3.97. The van der Waals surface area contributed by atoms with Gasteiger partial charge in [-0.1, -0.05) is 12.8 Å². The van der Waals surface area contributed by atoms with E-state index in [-0.39, 0.29) is 17.7 Å². The summed E-state index contributed by atoms with van der Waals surface area (Å²) in [5, 5.41) is 10.1. The number of carboxylic acid groups (broad SMARTS) is 1. The first-order valence-corrected chi connectivity index (χ1v) is 8.09. The van der Waals surface area contributed by atoms with E-state index in [1.807, 2.05) is 6.92 Å². The van der Waals surface area contributed by atoms with Crippen LogP contribution < -0.4 is 0 Å². The second-order valence-electron chi connectivity index (χ2n) is 6.05. The second-order valence-corrected chi connectivity index (χ2v) is 7.37. The van der Waals surface area contributed by atoms with Gasteiger partial charge >= 0.3 is 5.97 Å². The molecule has 116 valence electrons. The van der Waals surface area contributed by atoms with Gasteiger partial charge in [0.2, 0.25) is 5.91 Å². The van der Waals surface area contributed by atoms with Gasteiger partial charge in [-0.2, -0.15) is 0 Å². The van der Waals surface area contributed by atoms with Gasteiger partial charge in [0.25, 0.3) is 0 Å². The largest absolute Gasteiger partial charge is 0.481 e. The quantitative estimate of drug-likeness (QED) is 0.877. The number of hydrogen-bond donors (Lipinski definition) is 1. The maximum absolute atomic E-state index is 12.4. The molecule has 0 aliphatic heterocycles. The lowest BCUT2D eigenvalue weighted by molar-refractivity contribution is -0.141. The lowest BCUT2D eigenvalue weighted by atomic mass is 9.79. The van der Waals surface area contributed by atoms with Crippen LogP contribution in [0.15, 0.2) is 6.20 Å². The number of aromatic nitrogens is 1. The molecule has 0 aromatic carbocycles. The molecule has 0 unspecified atom stereocenters. The molecule has 1 aliphatic carbocycles. The number of carboxylic acids is 1. The van der Waals surface area contributed by atoms with Crippen LogP contribution in [-0.2, 0) is 16.1 Å². The monoisotopic (exact) mass is 310 g/mol. The van der Waals surface area contributed by atoms with Crippen LogP contribution in [0, 0.1) is 12.3 Å². The first-order valence-electron chi connectivity index (χ1n) is 7.27. The molecule has 0 atom stereocenters. The average Bonchev–Trinajstić information content (AvgIpc) is 2.98. The van der Waals surface area contributed by atoms with Crippen molar-refractivity contribution in [1.82, 2.24) is 9.88 Å². The zero-order valence-corrected chi connectivity index (χ0v) is 13.4. The predicted octanol–water partition coefficient (Wildman–Crippen LogP) is 2.84. The van der Waals surface area contributed by atoms with E-state index in [2.05, 4.69) is 4.98 Å². The molecule has 0 radical (unpaired) electrons. The van der Waals surface area contributed by atoms with Crippen LogP contribution in [0.25, 0.3) is 0 Å². The van der Waals surface area contributed by atoms with Gasteiger partial charge in [0, 0.05) is 24.5 Å². The summed E-state index contributed by atoms with van der Waals surface area (Å²) in [5.74, 6) is -0.769. The van der Waals surface area contributed by atoms with Crippen LogP contribution in [0.1, 0.15) is 48.4 Å². The number of thiazole rings is 1. The first-order chi connectivity index (χ1) is 9.90. The SMILES string of the molecule is Cc1ncc(CN(C)C(=O)CC2(CC(=O)O)CCCC2)s1. The van der Waals surface area contributed by atoms with Crippen molar-refractivity contribution >= 4 is 23.2 Å². The van der Waals surface area contributed by atoms with Crippen molar-refractivity contribution in [3.8, 4) is 0 Å². The van der Waals surface area contributed by atoms with Crippen molar-refractivity contribution in [2.24, 2.45) is 5.41 Å². The Bertz CT molecular complexity index is 521. The first kappa shape index (κ1) is 15.9. The standard InChI is InChI=1S/C15H22N2O3S/c1-11-16-9-12(21-11)10-17(2)13(18)7-15(8-14(19)20)5-3-4-6-15/h9H,3-8,10H2,1-2H3,(H,19,20). The molecule has 2 rings (SSSR count). The highest BCUT2D eigenvalue weighted by atomic mass is 32.1. The summed E-state index contributed by atoms with van der Waals surface area (Å²) in [5.41, 5.74) is -0.333. The maximum atomic E-state index is 12.4. The molecule has 5 nitrogen and oxygen atoms in total. The number of nitrogens with zero attached hydrogens (tertiary/aromatic N) is 2. The van der Waals surface area contributed by atoms with E-state index >= 15 is 0 Å². The van der Waals surface area contributed by atoms with Crippen molar-refractivity contribution in [1.29, 1.82) is 0 Å². The summed E-state index contributed by atoms with van der Waals surface area (Å²) in [7, 11) is 1.78. The highest BCUT2D eigenvalue weighted by molar-refractivity contribution is 7.11. The Balaban J connectivity index is 1.96. The van der Waals surface area contributed by atoms with Crippen LogP contribution >= 0.6 is 11.3 Å². The van der Waals surface area contributed by atoms with Gasteiger partial charge in [0.15, 0.2) is 0 Å². The van der Waals surface area contributed by atoms with E-state index in [1.165, 1.54) is 0 Å². The van der Waals surface area contributed by atoms with Gasteiger partial charge in [0.05, 0.1) is 18.0 Å². The average molecular weight is 310 g/mol. The van der Waals surface area contributed by atoms with Crippen LogP contribution in [0.2, 0.25) is 0 Å². The third-order valence-corrected chi connectivity index (χ3v) is 5.10. The molecule has 21 heavy (non-hydrogen) atoms. The molecule has 1 heterocycles. The van der Waals surface area contributed by atoms with Crippen LogP contribution in [0.3, 0.4) is 0 Å². The van der Waals surface area contributed by atoms with E-state index in [0.29, 0.717) is 13.0 Å².